The Bertz CT molecular complexity index is 1160. The van der Waals surface area contributed by atoms with Crippen molar-refractivity contribution in [2.75, 3.05) is 13.2 Å². The molecule has 6 rings (SSSR count). The van der Waals surface area contributed by atoms with E-state index in [9.17, 15) is 36.2 Å². The summed E-state index contributed by atoms with van der Waals surface area (Å²) in [5.74, 6) is -0.00905. The van der Waals surface area contributed by atoms with Crippen molar-refractivity contribution < 1.29 is 50.5 Å². The molecular formula is C23H23F6N3O5. The average molecular weight is 535 g/mol. The largest absolute Gasteiger partial charge is 0.522 e. The smallest absolute Gasteiger partial charge is 0.490 e. The monoisotopic (exact) mass is 535 g/mol. The van der Waals surface area contributed by atoms with Crippen molar-refractivity contribution in [1.29, 1.82) is 0 Å². The zero-order valence-electron chi connectivity index (χ0n) is 19.2. The Morgan fingerprint density at radius 3 is 2.59 bits per heavy atom. The first-order valence-corrected chi connectivity index (χ1v) is 11.5. The molecule has 1 amide bonds. The van der Waals surface area contributed by atoms with E-state index in [4.69, 9.17) is 9.47 Å². The lowest BCUT2D eigenvalue weighted by Gasteiger charge is -2.70. The molecule has 0 spiro atoms. The number of nitrogens with zero attached hydrogens (tertiary/aromatic N) is 2. The third-order valence-electron chi connectivity index (χ3n) is 6.95. The van der Waals surface area contributed by atoms with Gasteiger partial charge in [-0.15, -0.1) is 13.2 Å². The number of rotatable bonds is 8. The first-order valence-electron chi connectivity index (χ1n) is 11.5. The summed E-state index contributed by atoms with van der Waals surface area (Å²) in [4.78, 5) is 12.8. The lowest BCUT2D eigenvalue weighted by Crippen LogP contribution is -2.79. The van der Waals surface area contributed by atoms with Gasteiger partial charge in [0.15, 0.2) is 11.9 Å². The van der Waals surface area contributed by atoms with Gasteiger partial charge in [-0.2, -0.15) is 18.3 Å². The third-order valence-corrected chi connectivity index (χ3v) is 6.95. The maximum Gasteiger partial charge on any atom is 0.522 e. The Morgan fingerprint density at radius 2 is 1.92 bits per heavy atom. The second kappa shape index (κ2) is 8.79. The Hall–Kier alpha value is -3.00. The number of aliphatic hydroxyl groups is 1. The van der Waals surface area contributed by atoms with Gasteiger partial charge < -0.3 is 19.9 Å². The molecule has 37 heavy (non-hydrogen) atoms. The number of fused-ring (bicyclic) bond motifs is 1. The van der Waals surface area contributed by atoms with Gasteiger partial charge in [0.25, 0.3) is 5.91 Å². The Kier molecular flexibility index (Phi) is 6.09. The molecule has 14 heteroatoms. The standard InChI is InChI=1S/C23H23F6N3O5/c24-22(25,26)13-2-3-17-15(6-13)16(33)7-18(37-17)19(34)31-20-10-21(11-20,12-20)32-9-14(8-30-32)35-4-1-5-36-23(27,28)29/h2-3,6,8-9,16,18,33H,1,4-5,7,10-12H2,(H,31,34)/t16-,18-,20?,21?/m1/s1. The summed E-state index contributed by atoms with van der Waals surface area (Å²) in [6.07, 6.45) is -6.78. The minimum atomic E-state index is -4.67. The highest BCUT2D eigenvalue weighted by molar-refractivity contribution is 5.83. The van der Waals surface area contributed by atoms with Gasteiger partial charge in [0.1, 0.15) is 5.75 Å². The van der Waals surface area contributed by atoms with Crippen LogP contribution in [0.15, 0.2) is 30.6 Å². The van der Waals surface area contributed by atoms with Crippen LogP contribution in [0, 0.1) is 0 Å². The Balaban J connectivity index is 1.11. The van der Waals surface area contributed by atoms with Gasteiger partial charge >= 0.3 is 12.5 Å². The molecule has 0 saturated heterocycles. The molecule has 2 heterocycles. The molecule has 2 N–H and O–H groups in total. The molecule has 3 saturated carbocycles. The molecule has 1 aliphatic heterocycles. The molecule has 8 nitrogen and oxygen atoms in total. The van der Waals surface area contributed by atoms with E-state index in [1.165, 1.54) is 6.20 Å². The van der Waals surface area contributed by atoms with Crippen LogP contribution >= 0.6 is 0 Å². The van der Waals surface area contributed by atoms with Crippen molar-refractivity contribution in [3.8, 4) is 11.5 Å². The van der Waals surface area contributed by atoms with Crippen LogP contribution < -0.4 is 14.8 Å². The lowest BCUT2D eigenvalue weighted by atomic mass is 9.44. The highest BCUT2D eigenvalue weighted by Gasteiger charge is 2.70. The van der Waals surface area contributed by atoms with Gasteiger partial charge in [-0.05, 0) is 37.5 Å². The summed E-state index contributed by atoms with van der Waals surface area (Å²) < 4.78 is 91.2. The van der Waals surface area contributed by atoms with Crippen LogP contribution in [-0.2, 0) is 21.2 Å². The molecule has 3 aliphatic carbocycles. The minimum absolute atomic E-state index is 0.00655. The van der Waals surface area contributed by atoms with Gasteiger partial charge in [-0.1, -0.05) is 0 Å². The molecular weight excluding hydrogens is 512 g/mol. The summed E-state index contributed by atoms with van der Waals surface area (Å²) in [6, 6.07) is 2.78. The van der Waals surface area contributed by atoms with Crippen LogP contribution in [0.1, 0.15) is 49.3 Å². The van der Waals surface area contributed by atoms with E-state index in [0.29, 0.717) is 25.0 Å². The zero-order valence-corrected chi connectivity index (χ0v) is 19.2. The first-order chi connectivity index (χ1) is 17.3. The van der Waals surface area contributed by atoms with Crippen LogP contribution in [0.25, 0.3) is 0 Å². The highest BCUT2D eigenvalue weighted by atomic mass is 19.4. The molecule has 0 radical (unpaired) electrons. The van der Waals surface area contributed by atoms with Gasteiger partial charge in [0, 0.05) is 23.9 Å². The van der Waals surface area contributed by atoms with Crippen LogP contribution in [0.4, 0.5) is 26.3 Å². The van der Waals surface area contributed by atoms with Crippen molar-refractivity contribution in [3.63, 3.8) is 0 Å². The summed E-state index contributed by atoms with van der Waals surface area (Å²) >= 11 is 0. The highest BCUT2D eigenvalue weighted by Crippen LogP contribution is 2.65. The zero-order chi connectivity index (χ0) is 26.6. The molecule has 2 atom stereocenters. The first kappa shape index (κ1) is 25.6. The summed E-state index contributed by atoms with van der Waals surface area (Å²) in [5.41, 5.74) is -1.68. The molecule has 1 aromatic carbocycles. The van der Waals surface area contributed by atoms with E-state index in [1.54, 1.807) is 10.9 Å². The van der Waals surface area contributed by atoms with E-state index >= 15 is 0 Å². The predicted molar refractivity (Wildman–Crippen MR) is 112 cm³/mol. The number of carbonyl (C=O) groups excluding carboxylic acids is 1. The number of carbonyl (C=O) groups is 1. The van der Waals surface area contributed by atoms with Crippen molar-refractivity contribution in [2.45, 2.75) is 67.9 Å². The molecule has 1 aromatic heterocycles. The van der Waals surface area contributed by atoms with Gasteiger partial charge in [0.05, 0.1) is 42.8 Å². The van der Waals surface area contributed by atoms with Crippen LogP contribution in [0.2, 0.25) is 0 Å². The second-order valence-corrected chi connectivity index (χ2v) is 9.75. The molecule has 0 unspecified atom stereocenters. The molecule has 2 bridgehead atoms. The van der Waals surface area contributed by atoms with E-state index < -0.39 is 48.4 Å². The fraction of sp³-hybridized carbons (Fsp3) is 0.565. The number of aromatic nitrogens is 2. The topological polar surface area (TPSA) is 94.8 Å². The Labute approximate surface area is 206 Å². The van der Waals surface area contributed by atoms with Crippen molar-refractivity contribution >= 4 is 5.91 Å². The fourth-order valence-corrected chi connectivity index (χ4v) is 5.31. The number of benzene rings is 1. The predicted octanol–water partition coefficient (Wildman–Crippen LogP) is 3.84. The number of alkyl halides is 6. The number of halogens is 6. The quantitative estimate of drug-likeness (QED) is 0.394. The molecule has 202 valence electrons. The van der Waals surface area contributed by atoms with Gasteiger partial charge in [-0.25, -0.2) is 0 Å². The molecule has 2 aromatic rings. The number of hydrogen-bond acceptors (Lipinski definition) is 6. The van der Waals surface area contributed by atoms with E-state index in [1.807, 2.05) is 0 Å². The molecule has 3 fully saturated rings. The minimum Gasteiger partial charge on any atom is -0.490 e. The van der Waals surface area contributed by atoms with Gasteiger partial charge in [-0.3, -0.25) is 14.2 Å². The normalized spacial score (nSPS) is 28.4. The van der Waals surface area contributed by atoms with Crippen molar-refractivity contribution in [3.05, 3.63) is 41.7 Å². The summed E-state index contributed by atoms with van der Waals surface area (Å²) in [6.45, 7) is -0.478. The van der Waals surface area contributed by atoms with E-state index in [0.717, 1.165) is 18.2 Å². The van der Waals surface area contributed by atoms with Crippen molar-refractivity contribution in [1.82, 2.24) is 15.1 Å². The SMILES string of the molecule is O=C(NC12CC(n3cc(OCCCOC(F)(F)F)cn3)(C1)C2)[C@H]1C[C@@H](O)c2cc(C(F)(F)F)ccc2O1. The van der Waals surface area contributed by atoms with Crippen LogP contribution in [0.3, 0.4) is 0 Å². The second-order valence-electron chi connectivity index (χ2n) is 9.75. The van der Waals surface area contributed by atoms with Crippen LogP contribution in [-0.4, -0.2) is 52.0 Å². The number of amides is 1. The fourth-order valence-electron chi connectivity index (χ4n) is 5.31. The number of hydrogen-bond donors (Lipinski definition) is 2. The number of aliphatic hydroxyl groups excluding tert-OH is 1. The van der Waals surface area contributed by atoms with E-state index in [-0.39, 0.29) is 36.3 Å². The lowest BCUT2D eigenvalue weighted by molar-refractivity contribution is -0.324. The third kappa shape index (κ3) is 5.08. The van der Waals surface area contributed by atoms with Gasteiger partial charge in [0.2, 0.25) is 0 Å². The van der Waals surface area contributed by atoms with E-state index in [2.05, 4.69) is 15.2 Å². The maximum atomic E-state index is 13.0. The maximum absolute atomic E-state index is 13.0. The Morgan fingerprint density at radius 1 is 1.19 bits per heavy atom. The number of ether oxygens (including phenoxy) is 3. The summed E-state index contributed by atoms with van der Waals surface area (Å²) in [7, 11) is 0. The van der Waals surface area contributed by atoms with Crippen molar-refractivity contribution in [2.24, 2.45) is 0 Å². The summed E-state index contributed by atoms with van der Waals surface area (Å²) in [5, 5.41) is 17.6. The average Bonchev–Trinajstić information content (AvgIpc) is 3.21. The van der Waals surface area contributed by atoms with Crippen LogP contribution in [0.5, 0.6) is 11.5 Å². The molecule has 4 aliphatic rings. The number of nitrogens with one attached hydrogen (secondary N) is 1.